The first-order chi connectivity index (χ1) is 15.0. The Bertz CT molecular complexity index is 1090. The molecule has 3 heterocycles. The number of piperidine rings is 1. The number of aromatic hydroxyl groups is 1. The third-order valence-corrected chi connectivity index (χ3v) is 5.70. The molecule has 1 saturated heterocycles. The number of rotatable bonds is 6. The zero-order valence-corrected chi connectivity index (χ0v) is 17.3. The van der Waals surface area contributed by atoms with Gasteiger partial charge in [0.05, 0.1) is 11.9 Å². The Morgan fingerprint density at radius 1 is 1.26 bits per heavy atom. The van der Waals surface area contributed by atoms with Gasteiger partial charge in [-0.3, -0.25) is 4.79 Å². The van der Waals surface area contributed by atoms with Crippen LogP contribution in [-0.4, -0.2) is 56.7 Å². The molecule has 1 amide bonds. The first-order valence-corrected chi connectivity index (χ1v) is 10.5. The molecular formula is C22H25F2N5O2. The van der Waals surface area contributed by atoms with Crippen LogP contribution in [0.25, 0.3) is 16.9 Å². The van der Waals surface area contributed by atoms with Crippen molar-refractivity contribution in [2.24, 2.45) is 5.92 Å². The molecule has 0 spiro atoms. The lowest BCUT2D eigenvalue weighted by molar-refractivity contribution is 0.0937. The van der Waals surface area contributed by atoms with Crippen molar-refractivity contribution in [3.63, 3.8) is 0 Å². The lowest BCUT2D eigenvalue weighted by atomic mass is 9.96. The fourth-order valence-electron chi connectivity index (χ4n) is 4.01. The van der Waals surface area contributed by atoms with Crippen molar-refractivity contribution in [1.29, 1.82) is 0 Å². The zero-order valence-electron chi connectivity index (χ0n) is 17.3. The van der Waals surface area contributed by atoms with Gasteiger partial charge in [0.1, 0.15) is 17.2 Å². The fraction of sp³-hybridized carbons (Fsp3) is 0.409. The third-order valence-electron chi connectivity index (χ3n) is 5.70. The number of amides is 1. The maximum absolute atomic E-state index is 14.2. The van der Waals surface area contributed by atoms with Crippen molar-refractivity contribution >= 4 is 11.6 Å². The van der Waals surface area contributed by atoms with E-state index in [0.717, 1.165) is 55.5 Å². The molecule has 164 valence electrons. The van der Waals surface area contributed by atoms with Crippen LogP contribution in [0, 0.1) is 17.6 Å². The highest BCUT2D eigenvalue weighted by Gasteiger charge is 2.22. The van der Waals surface area contributed by atoms with Gasteiger partial charge in [0.15, 0.2) is 5.65 Å². The molecule has 4 rings (SSSR count). The Labute approximate surface area is 178 Å². The van der Waals surface area contributed by atoms with Crippen LogP contribution in [0.4, 0.5) is 8.78 Å². The highest BCUT2D eigenvalue weighted by Crippen LogP contribution is 2.27. The van der Waals surface area contributed by atoms with Crippen molar-refractivity contribution < 1.29 is 18.7 Å². The number of nitrogens with zero attached hydrogens (tertiary/aromatic N) is 4. The number of carbonyl (C=O) groups is 1. The molecule has 0 aliphatic carbocycles. The number of aromatic nitrogens is 3. The van der Waals surface area contributed by atoms with Crippen molar-refractivity contribution in [3.05, 3.63) is 47.7 Å². The molecule has 1 aromatic carbocycles. The van der Waals surface area contributed by atoms with Crippen LogP contribution in [0.1, 0.15) is 36.5 Å². The van der Waals surface area contributed by atoms with Crippen LogP contribution in [0.3, 0.4) is 0 Å². The van der Waals surface area contributed by atoms with Gasteiger partial charge in [0.25, 0.3) is 5.91 Å². The summed E-state index contributed by atoms with van der Waals surface area (Å²) in [4.78, 5) is 19.5. The van der Waals surface area contributed by atoms with Crippen LogP contribution in [0.2, 0.25) is 0 Å². The molecule has 0 saturated carbocycles. The van der Waals surface area contributed by atoms with E-state index in [2.05, 4.69) is 27.2 Å². The van der Waals surface area contributed by atoms with Gasteiger partial charge in [-0.05, 0) is 56.9 Å². The number of hydrogen-bond acceptors (Lipinski definition) is 5. The van der Waals surface area contributed by atoms with E-state index in [1.807, 2.05) is 0 Å². The van der Waals surface area contributed by atoms with Crippen LogP contribution >= 0.6 is 0 Å². The third kappa shape index (κ3) is 4.51. The Balaban J connectivity index is 1.51. The summed E-state index contributed by atoms with van der Waals surface area (Å²) in [6.07, 6.45) is 4.52. The van der Waals surface area contributed by atoms with E-state index < -0.39 is 11.6 Å². The van der Waals surface area contributed by atoms with Crippen molar-refractivity contribution in [1.82, 2.24) is 24.8 Å². The van der Waals surface area contributed by atoms with E-state index in [1.54, 1.807) is 0 Å². The van der Waals surface area contributed by atoms with Crippen LogP contribution in [0.5, 0.6) is 5.88 Å². The summed E-state index contributed by atoms with van der Waals surface area (Å²) >= 11 is 0. The van der Waals surface area contributed by atoms with Crippen molar-refractivity contribution in [2.45, 2.75) is 26.2 Å². The van der Waals surface area contributed by atoms with Crippen molar-refractivity contribution in [3.8, 4) is 17.1 Å². The average Bonchev–Trinajstić information content (AvgIpc) is 3.18. The maximum atomic E-state index is 14.2. The predicted molar refractivity (Wildman–Crippen MR) is 112 cm³/mol. The van der Waals surface area contributed by atoms with E-state index in [4.69, 9.17) is 0 Å². The normalized spacial score (nSPS) is 15.5. The van der Waals surface area contributed by atoms with Gasteiger partial charge in [-0.1, -0.05) is 6.92 Å². The molecule has 3 aromatic rings. The van der Waals surface area contributed by atoms with E-state index in [-0.39, 0.29) is 34.3 Å². The monoisotopic (exact) mass is 429 g/mol. The van der Waals surface area contributed by atoms with Gasteiger partial charge < -0.3 is 15.3 Å². The zero-order chi connectivity index (χ0) is 22.0. The van der Waals surface area contributed by atoms with Gasteiger partial charge >= 0.3 is 0 Å². The Morgan fingerprint density at radius 3 is 2.74 bits per heavy atom. The molecule has 31 heavy (non-hydrogen) atoms. The fourth-order valence-corrected chi connectivity index (χ4v) is 4.01. The minimum atomic E-state index is -0.809. The Morgan fingerprint density at radius 2 is 2.03 bits per heavy atom. The number of hydrogen-bond donors (Lipinski definition) is 2. The van der Waals surface area contributed by atoms with Crippen LogP contribution in [0.15, 0.2) is 30.5 Å². The second-order valence-electron chi connectivity index (χ2n) is 7.91. The predicted octanol–water partition coefficient (Wildman–Crippen LogP) is 3.23. The number of carbonyl (C=O) groups excluding carboxylic acids is 1. The molecule has 2 aromatic heterocycles. The lowest BCUT2D eigenvalue weighted by Gasteiger charge is -2.31. The molecule has 7 nitrogen and oxygen atoms in total. The number of benzene rings is 1. The molecule has 1 aliphatic rings. The van der Waals surface area contributed by atoms with E-state index in [0.29, 0.717) is 12.5 Å². The smallest absolute Gasteiger partial charge is 0.256 e. The molecule has 0 atom stereocenters. The van der Waals surface area contributed by atoms with E-state index in [9.17, 15) is 18.7 Å². The summed E-state index contributed by atoms with van der Waals surface area (Å²) in [5.74, 6) is -1.77. The molecule has 1 fully saturated rings. The topological polar surface area (TPSA) is 82.8 Å². The number of likely N-dealkylation sites (tertiary alicyclic amines) is 1. The second-order valence-corrected chi connectivity index (χ2v) is 7.91. The number of fused-ring (bicyclic) bond motifs is 1. The van der Waals surface area contributed by atoms with Gasteiger partial charge in [-0.2, -0.15) is 9.61 Å². The minimum absolute atomic E-state index is 0.0191. The molecule has 0 radical (unpaired) electrons. The summed E-state index contributed by atoms with van der Waals surface area (Å²) in [7, 11) is 0. The highest BCUT2D eigenvalue weighted by molar-refractivity contribution is 6.00. The first-order valence-electron chi connectivity index (χ1n) is 10.5. The Hall–Kier alpha value is -3.07. The number of nitrogens with one attached hydrogen (secondary N) is 1. The minimum Gasteiger partial charge on any atom is -0.493 e. The van der Waals surface area contributed by atoms with Crippen molar-refractivity contribution in [2.75, 3.05) is 26.2 Å². The maximum Gasteiger partial charge on any atom is 0.256 e. The quantitative estimate of drug-likeness (QED) is 0.629. The molecule has 9 heteroatoms. The largest absolute Gasteiger partial charge is 0.493 e. The van der Waals surface area contributed by atoms with E-state index >= 15 is 0 Å². The van der Waals surface area contributed by atoms with Gasteiger partial charge in [-0.15, -0.1) is 0 Å². The van der Waals surface area contributed by atoms with E-state index in [1.165, 1.54) is 18.3 Å². The molecule has 2 N–H and O–H groups in total. The molecule has 1 aliphatic heterocycles. The first kappa shape index (κ1) is 21.2. The van der Waals surface area contributed by atoms with Crippen LogP contribution in [-0.2, 0) is 0 Å². The lowest BCUT2D eigenvalue weighted by Crippen LogP contribution is -2.38. The number of halogens is 2. The summed E-state index contributed by atoms with van der Waals surface area (Å²) in [5, 5.41) is 17.2. The molecule has 0 unspecified atom stereocenters. The summed E-state index contributed by atoms with van der Waals surface area (Å²) in [6, 6.07) is 4.32. The van der Waals surface area contributed by atoms with Gasteiger partial charge in [0, 0.05) is 24.2 Å². The SMILES string of the molecule is CCCN1CCC(CNC(=O)c2cnn3c(O)cc(-c4ccc(F)cc4F)nc23)CC1. The van der Waals surface area contributed by atoms with Gasteiger partial charge in [0.2, 0.25) is 5.88 Å². The summed E-state index contributed by atoms with van der Waals surface area (Å²) < 4.78 is 28.5. The van der Waals surface area contributed by atoms with Gasteiger partial charge in [-0.25, -0.2) is 13.8 Å². The average molecular weight is 429 g/mol. The second kappa shape index (κ2) is 8.97. The molecule has 0 bridgehead atoms. The Kier molecular flexibility index (Phi) is 6.13. The van der Waals surface area contributed by atoms with Crippen LogP contribution < -0.4 is 5.32 Å². The standard InChI is InChI=1S/C22H25F2N5O2/c1-2-7-28-8-5-14(6-9-28)12-25-22(31)17-13-26-29-20(30)11-19(27-21(17)29)16-4-3-15(23)10-18(16)24/h3-4,10-11,13-14,30H,2,5-9,12H2,1H3,(H,25,31). The summed E-state index contributed by atoms with van der Waals surface area (Å²) in [5.41, 5.74) is 0.392. The summed E-state index contributed by atoms with van der Waals surface area (Å²) in [6.45, 7) is 5.90. The highest BCUT2D eigenvalue weighted by atomic mass is 19.1. The molecular weight excluding hydrogens is 404 g/mol.